The first-order valence-corrected chi connectivity index (χ1v) is 12.0. The summed E-state index contributed by atoms with van der Waals surface area (Å²) in [4.78, 5) is 0. The highest BCUT2D eigenvalue weighted by Crippen LogP contribution is 2.60. The van der Waals surface area contributed by atoms with Crippen LogP contribution < -0.4 is 0 Å². The van der Waals surface area contributed by atoms with Gasteiger partial charge in [-0.05, 0) is 94.8 Å². The molecule has 0 aromatic heterocycles. The summed E-state index contributed by atoms with van der Waals surface area (Å²) >= 11 is 0. The summed E-state index contributed by atoms with van der Waals surface area (Å²) in [6.07, 6.45) is 13.1. The molecule has 0 aromatic carbocycles. The predicted molar refractivity (Wildman–Crippen MR) is 119 cm³/mol. The Bertz CT molecular complexity index is 614. The van der Waals surface area contributed by atoms with Crippen LogP contribution in [0.5, 0.6) is 0 Å². The molecule has 3 aliphatic rings. The maximum Gasteiger partial charge on any atom is 0.0630 e. The zero-order valence-corrected chi connectivity index (χ0v) is 19.3. The molecule has 3 nitrogen and oxygen atoms in total. The molecule has 0 unspecified atom stereocenters. The summed E-state index contributed by atoms with van der Waals surface area (Å²) in [7, 11) is 0. The van der Waals surface area contributed by atoms with Crippen LogP contribution in [0.15, 0.2) is 23.3 Å². The monoisotopic (exact) mass is 404 g/mol. The molecular formula is C26H44O3. The van der Waals surface area contributed by atoms with Gasteiger partial charge in [0.1, 0.15) is 0 Å². The average molecular weight is 405 g/mol. The third-order valence-corrected chi connectivity index (χ3v) is 8.48. The normalized spacial score (nSPS) is 42.3. The van der Waals surface area contributed by atoms with Gasteiger partial charge < -0.3 is 15.3 Å². The van der Waals surface area contributed by atoms with E-state index >= 15 is 0 Å². The van der Waals surface area contributed by atoms with Crippen molar-refractivity contribution in [3.05, 3.63) is 23.3 Å². The first-order chi connectivity index (χ1) is 13.5. The molecule has 0 aliphatic heterocycles. The summed E-state index contributed by atoms with van der Waals surface area (Å²) in [6.45, 7) is 10.8. The van der Waals surface area contributed by atoms with Crippen LogP contribution >= 0.6 is 0 Å². The molecule has 7 atom stereocenters. The van der Waals surface area contributed by atoms with E-state index in [2.05, 4.69) is 26.0 Å². The van der Waals surface area contributed by atoms with Gasteiger partial charge in [0.05, 0.1) is 17.8 Å². The Morgan fingerprint density at radius 2 is 1.79 bits per heavy atom. The van der Waals surface area contributed by atoms with Gasteiger partial charge >= 0.3 is 0 Å². The number of fused-ring (bicyclic) bond motifs is 1. The minimum absolute atomic E-state index is 0.0191. The molecule has 0 bridgehead atoms. The van der Waals surface area contributed by atoms with Crippen LogP contribution in [0.3, 0.4) is 0 Å². The van der Waals surface area contributed by atoms with E-state index in [1.54, 1.807) is 5.57 Å². The van der Waals surface area contributed by atoms with Crippen LogP contribution in [0.25, 0.3) is 0 Å². The minimum Gasteiger partial charge on any atom is -0.392 e. The molecule has 3 N–H and O–H groups in total. The Morgan fingerprint density at radius 1 is 1.14 bits per heavy atom. The second-order valence-corrected chi connectivity index (χ2v) is 11.3. The maximum absolute atomic E-state index is 10.4. The standard InChI is InChI=1S/C26H44O3/c1-6-20-23(27)14-18(15-24(20)28)9-10-19-8-7-13-26(5)21(11-12-22(19)26)17(2)16-25(3,4)29/h9-10,17,20-24,27-29H,6-8,11-16H2,1-5H3/b18-9-,19-10+/t17-,20-,21+,22+,23-,24+,26+/m0/s1. The lowest BCUT2D eigenvalue weighted by Gasteiger charge is -2.45. The fourth-order valence-electron chi connectivity index (χ4n) is 7.23. The molecule has 0 heterocycles. The van der Waals surface area contributed by atoms with Gasteiger partial charge in [0, 0.05) is 5.92 Å². The lowest BCUT2D eigenvalue weighted by atomic mass is 9.60. The molecule has 0 aromatic rings. The lowest BCUT2D eigenvalue weighted by Crippen LogP contribution is -2.38. The van der Waals surface area contributed by atoms with Gasteiger partial charge in [-0.2, -0.15) is 0 Å². The van der Waals surface area contributed by atoms with Crippen molar-refractivity contribution in [2.45, 2.75) is 110 Å². The van der Waals surface area contributed by atoms with Gasteiger partial charge in [0.15, 0.2) is 0 Å². The van der Waals surface area contributed by atoms with E-state index < -0.39 is 17.8 Å². The summed E-state index contributed by atoms with van der Waals surface area (Å²) < 4.78 is 0. The van der Waals surface area contributed by atoms with Crippen LogP contribution in [-0.4, -0.2) is 33.1 Å². The van der Waals surface area contributed by atoms with Crippen molar-refractivity contribution < 1.29 is 15.3 Å². The zero-order chi connectivity index (χ0) is 21.4. The fourth-order valence-corrected chi connectivity index (χ4v) is 7.23. The van der Waals surface area contributed by atoms with Crippen molar-refractivity contribution in [2.75, 3.05) is 0 Å². The van der Waals surface area contributed by atoms with Crippen molar-refractivity contribution in [1.29, 1.82) is 0 Å². The highest BCUT2D eigenvalue weighted by atomic mass is 16.3. The Morgan fingerprint density at radius 3 is 2.38 bits per heavy atom. The largest absolute Gasteiger partial charge is 0.392 e. The van der Waals surface area contributed by atoms with Crippen molar-refractivity contribution in [1.82, 2.24) is 0 Å². The van der Waals surface area contributed by atoms with Crippen molar-refractivity contribution in [3.8, 4) is 0 Å². The van der Waals surface area contributed by atoms with Crippen molar-refractivity contribution in [3.63, 3.8) is 0 Å². The smallest absolute Gasteiger partial charge is 0.0630 e. The molecule has 0 saturated heterocycles. The highest BCUT2D eigenvalue weighted by molar-refractivity contribution is 5.26. The Kier molecular flexibility index (Phi) is 7.03. The van der Waals surface area contributed by atoms with Gasteiger partial charge in [-0.15, -0.1) is 0 Å². The van der Waals surface area contributed by atoms with Crippen molar-refractivity contribution in [2.24, 2.45) is 29.1 Å². The third-order valence-electron chi connectivity index (χ3n) is 8.48. The molecule has 0 amide bonds. The lowest BCUT2D eigenvalue weighted by molar-refractivity contribution is -0.00702. The van der Waals surface area contributed by atoms with Gasteiger partial charge in [-0.25, -0.2) is 0 Å². The van der Waals surface area contributed by atoms with E-state index in [0.717, 1.165) is 12.8 Å². The van der Waals surface area contributed by atoms with Crippen molar-refractivity contribution >= 4 is 0 Å². The Hall–Kier alpha value is -0.640. The SMILES string of the molecule is CC[C@@H]1[C@H](O)C/C(=C\C=C2/CCC[C@@]3(C)[C@@H]2CC[C@@H]3[C@@H](C)CC(C)(C)O)C[C@@H]1O. The van der Waals surface area contributed by atoms with E-state index in [4.69, 9.17) is 0 Å². The molecule has 3 aliphatic carbocycles. The number of hydrogen-bond donors (Lipinski definition) is 3. The molecule has 166 valence electrons. The molecule has 3 fully saturated rings. The third kappa shape index (κ3) is 4.99. The highest BCUT2D eigenvalue weighted by Gasteiger charge is 2.51. The first-order valence-electron chi connectivity index (χ1n) is 12.0. The van der Waals surface area contributed by atoms with Gasteiger partial charge in [-0.1, -0.05) is 44.1 Å². The van der Waals surface area contributed by atoms with Gasteiger partial charge in [0.2, 0.25) is 0 Å². The van der Waals surface area contributed by atoms with Gasteiger partial charge in [-0.3, -0.25) is 0 Å². The van der Waals surface area contributed by atoms with Gasteiger partial charge in [0.25, 0.3) is 0 Å². The number of hydrogen-bond acceptors (Lipinski definition) is 3. The summed E-state index contributed by atoms with van der Waals surface area (Å²) in [5.41, 5.74) is 2.52. The summed E-state index contributed by atoms with van der Waals surface area (Å²) in [5.74, 6) is 1.88. The number of aliphatic hydroxyl groups is 3. The predicted octanol–water partition coefficient (Wildman–Crippen LogP) is 5.39. The Balaban J connectivity index is 1.74. The van der Waals surface area contributed by atoms with Crippen LogP contribution in [0, 0.1) is 29.1 Å². The van der Waals surface area contributed by atoms with E-state index in [1.807, 2.05) is 20.8 Å². The molecule has 3 saturated carbocycles. The quantitative estimate of drug-likeness (QED) is 0.575. The Labute approximate surface area is 178 Å². The zero-order valence-electron chi connectivity index (χ0n) is 19.3. The number of rotatable bonds is 5. The summed E-state index contributed by atoms with van der Waals surface area (Å²) in [5, 5.41) is 31.1. The average Bonchev–Trinajstić information content (AvgIpc) is 2.96. The summed E-state index contributed by atoms with van der Waals surface area (Å²) in [6, 6.07) is 0. The molecule has 0 spiro atoms. The molecule has 0 radical (unpaired) electrons. The van der Waals surface area contributed by atoms with Crippen LogP contribution in [0.1, 0.15) is 92.4 Å². The topological polar surface area (TPSA) is 60.7 Å². The van der Waals surface area contributed by atoms with Crippen LogP contribution in [0.2, 0.25) is 0 Å². The fraction of sp³-hybridized carbons (Fsp3) is 0.846. The molecule has 3 rings (SSSR count). The van der Waals surface area contributed by atoms with Crippen LogP contribution in [0.4, 0.5) is 0 Å². The molecule has 29 heavy (non-hydrogen) atoms. The first kappa shape index (κ1) is 23.0. The number of aliphatic hydroxyl groups excluding tert-OH is 2. The minimum atomic E-state index is -0.593. The van der Waals surface area contributed by atoms with E-state index in [9.17, 15) is 15.3 Å². The maximum atomic E-state index is 10.4. The van der Waals surface area contributed by atoms with E-state index in [1.165, 1.54) is 37.7 Å². The number of allylic oxidation sites excluding steroid dienone is 3. The molecule has 3 heteroatoms. The molecular weight excluding hydrogens is 360 g/mol. The second-order valence-electron chi connectivity index (χ2n) is 11.3. The second kappa shape index (κ2) is 8.85. The van der Waals surface area contributed by atoms with Crippen LogP contribution in [-0.2, 0) is 0 Å². The van der Waals surface area contributed by atoms with E-state index in [0.29, 0.717) is 36.0 Å². The van der Waals surface area contributed by atoms with E-state index in [-0.39, 0.29) is 5.92 Å².